The van der Waals surface area contributed by atoms with Gasteiger partial charge in [-0.05, 0) is 74.2 Å². The van der Waals surface area contributed by atoms with Crippen LogP contribution in [0.4, 0.5) is 0 Å². The molecule has 0 aliphatic rings. The van der Waals surface area contributed by atoms with Gasteiger partial charge in [0.1, 0.15) is 0 Å². The van der Waals surface area contributed by atoms with E-state index in [9.17, 15) is 0 Å². The maximum absolute atomic E-state index is 4.97. The van der Waals surface area contributed by atoms with E-state index in [2.05, 4.69) is 78.6 Å². The smallest absolute Gasteiger partial charge is 0.0370 e. The molecular formula is C37H22IrN2S2-2. The first-order chi connectivity index (χ1) is 20.2. The number of fused-ring (bicyclic) bond motifs is 4. The van der Waals surface area contributed by atoms with Crippen molar-refractivity contribution in [1.29, 1.82) is 0 Å². The third kappa shape index (κ3) is 4.59. The van der Waals surface area contributed by atoms with Crippen molar-refractivity contribution in [2.75, 3.05) is 0 Å². The Morgan fingerprint density at radius 3 is 2.38 bits per heavy atom. The molecule has 0 fully saturated rings. The van der Waals surface area contributed by atoms with Crippen molar-refractivity contribution >= 4 is 74.6 Å². The van der Waals surface area contributed by atoms with Crippen LogP contribution in [0.5, 0.6) is 0 Å². The maximum atomic E-state index is 4.97. The molecule has 0 saturated heterocycles. The third-order valence-electron chi connectivity index (χ3n) is 7.45. The van der Waals surface area contributed by atoms with E-state index in [1.807, 2.05) is 77.4 Å². The zero-order valence-corrected chi connectivity index (χ0v) is 26.5. The predicted molar refractivity (Wildman–Crippen MR) is 176 cm³/mol. The molecule has 0 saturated carbocycles. The van der Waals surface area contributed by atoms with E-state index in [0.29, 0.717) is 0 Å². The molecule has 0 spiro atoms. The van der Waals surface area contributed by atoms with Crippen LogP contribution in [0.25, 0.3) is 73.6 Å². The fraction of sp³-hybridized carbons (Fsp3) is 0.0270. The number of hydrogen-bond acceptors (Lipinski definition) is 4. The van der Waals surface area contributed by atoms with Gasteiger partial charge >= 0.3 is 0 Å². The SMILES string of the molecule is Cc1cc2sc3cc[c-]c4c5ncc(-c6cc7ccccc7s6)cc5c(c1)c2c34.[Ir].[c-]1ccccc1-c1ccccn1. The van der Waals surface area contributed by atoms with Crippen LogP contribution < -0.4 is 0 Å². The van der Waals surface area contributed by atoms with Gasteiger partial charge in [-0.2, -0.15) is 11.3 Å². The van der Waals surface area contributed by atoms with E-state index in [-0.39, 0.29) is 20.1 Å². The zero-order valence-electron chi connectivity index (χ0n) is 22.5. The van der Waals surface area contributed by atoms with Gasteiger partial charge in [-0.25, -0.2) is 0 Å². The molecule has 0 bridgehead atoms. The van der Waals surface area contributed by atoms with Crippen LogP contribution in [0.15, 0.2) is 116 Å². The Balaban J connectivity index is 0.000000188. The van der Waals surface area contributed by atoms with Gasteiger partial charge < -0.3 is 9.97 Å². The summed E-state index contributed by atoms with van der Waals surface area (Å²) in [6.07, 6.45) is 3.82. The summed E-state index contributed by atoms with van der Waals surface area (Å²) in [4.78, 5) is 10.5. The first-order valence-electron chi connectivity index (χ1n) is 13.5. The average molecular weight is 751 g/mol. The standard InChI is InChI=1S/C26H14NS2.C11H8N.Ir/c1-14-9-18-19-11-16(22-12-15-5-2-3-7-20(15)28-22)13-27-26(19)17-6-4-8-21-24(17)25(18)23(10-14)29-21;1-2-6-10(7-3-1)11-8-4-5-9-12-11;/h2-5,7-13H,1H3;1-6,8-9H;/q2*-1;. The number of hydrogen-bond donors (Lipinski definition) is 0. The molecule has 9 rings (SSSR count). The van der Waals surface area contributed by atoms with Crippen molar-refractivity contribution in [1.82, 2.24) is 9.97 Å². The minimum Gasteiger partial charge on any atom is -0.305 e. The number of pyridine rings is 2. The van der Waals surface area contributed by atoms with Gasteiger partial charge in [0.15, 0.2) is 0 Å². The maximum Gasteiger partial charge on any atom is 0.0370 e. The summed E-state index contributed by atoms with van der Waals surface area (Å²) in [5.41, 5.74) is 5.55. The Bertz CT molecular complexity index is 2250. The van der Waals surface area contributed by atoms with Gasteiger partial charge in [-0.3, -0.25) is 0 Å². The molecule has 0 amide bonds. The van der Waals surface area contributed by atoms with E-state index in [1.54, 1.807) is 6.20 Å². The van der Waals surface area contributed by atoms with Crippen LogP contribution in [0.1, 0.15) is 5.56 Å². The van der Waals surface area contributed by atoms with Crippen LogP contribution in [0.3, 0.4) is 0 Å². The van der Waals surface area contributed by atoms with Crippen molar-refractivity contribution in [3.8, 4) is 21.7 Å². The number of aromatic nitrogens is 2. The molecular weight excluding hydrogens is 729 g/mol. The summed E-state index contributed by atoms with van der Waals surface area (Å²) < 4.78 is 3.99. The first kappa shape index (κ1) is 26.9. The van der Waals surface area contributed by atoms with E-state index < -0.39 is 0 Å². The molecule has 9 aromatic rings. The van der Waals surface area contributed by atoms with Gasteiger partial charge in [-0.1, -0.05) is 47.9 Å². The molecule has 4 aromatic heterocycles. The van der Waals surface area contributed by atoms with Crippen molar-refractivity contribution in [3.63, 3.8) is 0 Å². The first-order valence-corrected chi connectivity index (χ1v) is 15.1. The second-order valence-electron chi connectivity index (χ2n) is 10.1. The van der Waals surface area contributed by atoms with E-state index >= 15 is 0 Å². The molecule has 5 aromatic carbocycles. The second-order valence-corrected chi connectivity index (χ2v) is 12.3. The fourth-order valence-electron chi connectivity index (χ4n) is 5.62. The second kappa shape index (κ2) is 11.0. The van der Waals surface area contributed by atoms with Gasteiger partial charge in [0.2, 0.25) is 0 Å². The van der Waals surface area contributed by atoms with Gasteiger partial charge in [-0.15, -0.1) is 70.8 Å². The van der Waals surface area contributed by atoms with Crippen molar-refractivity contribution in [2.45, 2.75) is 6.92 Å². The third-order valence-corrected chi connectivity index (χ3v) is 9.72. The molecule has 42 heavy (non-hydrogen) atoms. The summed E-state index contributed by atoms with van der Waals surface area (Å²) in [6, 6.07) is 42.3. The Morgan fingerprint density at radius 1 is 0.667 bits per heavy atom. The monoisotopic (exact) mass is 751 g/mol. The molecule has 4 heterocycles. The number of benzene rings is 5. The van der Waals surface area contributed by atoms with Crippen LogP contribution in [0.2, 0.25) is 0 Å². The minimum absolute atomic E-state index is 0. The average Bonchev–Trinajstić information content (AvgIpc) is 3.63. The van der Waals surface area contributed by atoms with Crippen LogP contribution in [0, 0.1) is 19.1 Å². The molecule has 203 valence electrons. The van der Waals surface area contributed by atoms with Crippen molar-refractivity contribution in [3.05, 3.63) is 133 Å². The fourth-order valence-corrected chi connectivity index (χ4v) is 7.91. The summed E-state index contributed by atoms with van der Waals surface area (Å²) in [7, 11) is 0. The van der Waals surface area contributed by atoms with Crippen LogP contribution in [-0.2, 0) is 20.1 Å². The molecule has 0 N–H and O–H groups in total. The number of nitrogens with zero attached hydrogens (tertiary/aromatic N) is 2. The number of thiophene rings is 2. The Kier molecular flexibility index (Phi) is 7.05. The van der Waals surface area contributed by atoms with Crippen molar-refractivity contribution < 1.29 is 20.1 Å². The molecule has 0 aliphatic carbocycles. The molecule has 0 atom stereocenters. The number of rotatable bonds is 2. The molecule has 5 heteroatoms. The van der Waals surface area contributed by atoms with Crippen molar-refractivity contribution in [2.24, 2.45) is 0 Å². The minimum atomic E-state index is 0. The predicted octanol–water partition coefficient (Wildman–Crippen LogP) is 10.7. The largest absolute Gasteiger partial charge is 0.305 e. The number of aryl methyl sites for hydroxylation is 1. The van der Waals surface area contributed by atoms with Crippen LogP contribution >= 0.6 is 22.7 Å². The normalized spacial score (nSPS) is 11.3. The van der Waals surface area contributed by atoms with Gasteiger partial charge in [0.05, 0.1) is 0 Å². The summed E-state index contributed by atoms with van der Waals surface area (Å²) >= 11 is 3.71. The van der Waals surface area contributed by atoms with Gasteiger partial charge in [0, 0.05) is 52.3 Å². The van der Waals surface area contributed by atoms with E-state index in [0.717, 1.165) is 22.2 Å². The Labute approximate surface area is 265 Å². The molecule has 1 radical (unpaired) electrons. The Morgan fingerprint density at radius 2 is 1.55 bits per heavy atom. The van der Waals surface area contributed by atoms with E-state index in [4.69, 9.17) is 4.98 Å². The molecule has 0 unspecified atom stereocenters. The quantitative estimate of drug-likeness (QED) is 0.130. The zero-order chi connectivity index (χ0) is 27.3. The summed E-state index contributed by atoms with van der Waals surface area (Å²) in [5, 5.41) is 7.65. The van der Waals surface area contributed by atoms with Crippen LogP contribution in [-0.4, -0.2) is 9.97 Å². The topological polar surface area (TPSA) is 25.8 Å². The molecule has 2 nitrogen and oxygen atoms in total. The Hall–Kier alpha value is -3.99. The summed E-state index contributed by atoms with van der Waals surface area (Å²) in [6.45, 7) is 2.19. The molecule has 0 aliphatic heterocycles. The van der Waals surface area contributed by atoms with E-state index in [1.165, 1.54) is 57.0 Å². The summed E-state index contributed by atoms with van der Waals surface area (Å²) in [5.74, 6) is 0. The van der Waals surface area contributed by atoms with Gasteiger partial charge in [0.25, 0.3) is 0 Å².